The lowest BCUT2D eigenvalue weighted by molar-refractivity contribution is 0.200. The van der Waals surface area contributed by atoms with Gasteiger partial charge in [-0.25, -0.2) is 0 Å². The molecule has 1 fully saturated rings. The normalized spacial score (nSPS) is 17.4. The van der Waals surface area contributed by atoms with Gasteiger partial charge in [-0.1, -0.05) is 49.9 Å². The zero-order valence-corrected chi connectivity index (χ0v) is 12.0. The molecule has 0 aromatic heterocycles. The molecule has 1 aliphatic carbocycles. The minimum atomic E-state index is 0.798. The summed E-state index contributed by atoms with van der Waals surface area (Å²) in [6.07, 6.45) is 6.69. The van der Waals surface area contributed by atoms with Crippen molar-refractivity contribution in [3.05, 3.63) is 34.9 Å². The van der Waals surface area contributed by atoms with Crippen molar-refractivity contribution in [3.8, 4) is 0 Å². The maximum absolute atomic E-state index is 5.94. The van der Waals surface area contributed by atoms with Gasteiger partial charge in [0.05, 0.1) is 0 Å². The summed E-state index contributed by atoms with van der Waals surface area (Å²) in [5.74, 6) is 1.73. The molecule has 2 rings (SSSR count). The van der Waals surface area contributed by atoms with Gasteiger partial charge in [-0.05, 0) is 55.5 Å². The maximum atomic E-state index is 5.94. The van der Waals surface area contributed by atoms with Crippen LogP contribution in [0.5, 0.6) is 0 Å². The Morgan fingerprint density at radius 3 is 2.56 bits per heavy atom. The first-order valence-electron chi connectivity index (χ1n) is 7.24. The predicted octanol–water partition coefficient (Wildman–Crippen LogP) is 4.30. The first-order valence-corrected chi connectivity index (χ1v) is 7.62. The molecular weight excluding hydrogens is 242 g/mol. The SMILES string of the molecule is CCCNCC(Cc1ccc(Cl)cc1)C1CCC1. The van der Waals surface area contributed by atoms with E-state index in [-0.39, 0.29) is 0 Å². The molecule has 1 unspecified atom stereocenters. The topological polar surface area (TPSA) is 12.0 Å². The second kappa shape index (κ2) is 7.16. The fourth-order valence-corrected chi connectivity index (χ4v) is 2.83. The average Bonchev–Trinajstić information content (AvgIpc) is 2.30. The van der Waals surface area contributed by atoms with Crippen molar-refractivity contribution in [1.29, 1.82) is 0 Å². The van der Waals surface area contributed by atoms with Crippen LogP contribution in [-0.2, 0) is 6.42 Å². The van der Waals surface area contributed by atoms with Crippen LogP contribution in [0, 0.1) is 11.8 Å². The molecular formula is C16H24ClN. The van der Waals surface area contributed by atoms with E-state index in [4.69, 9.17) is 11.6 Å². The summed E-state index contributed by atoms with van der Waals surface area (Å²) in [4.78, 5) is 0. The molecule has 1 nitrogen and oxygen atoms in total. The highest BCUT2D eigenvalue weighted by molar-refractivity contribution is 6.30. The number of hydrogen-bond donors (Lipinski definition) is 1. The van der Waals surface area contributed by atoms with Gasteiger partial charge in [0.2, 0.25) is 0 Å². The third kappa shape index (κ3) is 4.00. The van der Waals surface area contributed by atoms with Gasteiger partial charge in [-0.2, -0.15) is 0 Å². The van der Waals surface area contributed by atoms with Crippen molar-refractivity contribution in [1.82, 2.24) is 5.32 Å². The number of hydrogen-bond acceptors (Lipinski definition) is 1. The number of nitrogens with one attached hydrogen (secondary N) is 1. The largest absolute Gasteiger partial charge is 0.316 e. The van der Waals surface area contributed by atoms with E-state index in [1.54, 1.807) is 0 Å². The first kappa shape index (κ1) is 13.9. The van der Waals surface area contributed by atoms with Crippen molar-refractivity contribution < 1.29 is 0 Å². The quantitative estimate of drug-likeness (QED) is 0.725. The van der Waals surface area contributed by atoms with Crippen molar-refractivity contribution >= 4 is 11.6 Å². The van der Waals surface area contributed by atoms with E-state index in [2.05, 4.69) is 24.4 Å². The molecule has 1 saturated carbocycles. The molecule has 0 saturated heterocycles. The van der Waals surface area contributed by atoms with Gasteiger partial charge >= 0.3 is 0 Å². The van der Waals surface area contributed by atoms with Crippen molar-refractivity contribution in [2.45, 2.75) is 39.0 Å². The lowest BCUT2D eigenvalue weighted by Gasteiger charge is -2.34. The zero-order chi connectivity index (χ0) is 12.8. The monoisotopic (exact) mass is 265 g/mol. The van der Waals surface area contributed by atoms with E-state index in [1.165, 1.54) is 44.2 Å². The first-order chi connectivity index (χ1) is 8.79. The molecule has 1 N–H and O–H groups in total. The average molecular weight is 266 g/mol. The predicted molar refractivity (Wildman–Crippen MR) is 79.1 cm³/mol. The lowest BCUT2D eigenvalue weighted by atomic mass is 9.73. The molecule has 0 aliphatic heterocycles. The molecule has 2 heteroatoms. The maximum Gasteiger partial charge on any atom is 0.0406 e. The Hall–Kier alpha value is -0.530. The van der Waals surface area contributed by atoms with Gasteiger partial charge in [0.25, 0.3) is 0 Å². The highest BCUT2D eigenvalue weighted by Crippen LogP contribution is 2.35. The summed E-state index contributed by atoms with van der Waals surface area (Å²) in [5, 5.41) is 4.43. The molecule has 0 radical (unpaired) electrons. The van der Waals surface area contributed by atoms with Crippen LogP contribution in [0.3, 0.4) is 0 Å². The van der Waals surface area contributed by atoms with E-state index in [9.17, 15) is 0 Å². The van der Waals surface area contributed by atoms with Crippen LogP contribution >= 0.6 is 11.6 Å². The van der Waals surface area contributed by atoms with Gasteiger partial charge in [-0.15, -0.1) is 0 Å². The highest BCUT2D eigenvalue weighted by atomic mass is 35.5. The Labute approximate surface area is 116 Å². The van der Waals surface area contributed by atoms with Crippen molar-refractivity contribution in [2.24, 2.45) is 11.8 Å². The van der Waals surface area contributed by atoms with E-state index in [1.807, 2.05) is 12.1 Å². The molecule has 0 bridgehead atoms. The number of halogens is 1. The molecule has 1 aromatic carbocycles. The second-order valence-electron chi connectivity index (χ2n) is 5.49. The number of rotatable bonds is 7. The lowest BCUT2D eigenvalue weighted by Crippen LogP contribution is -2.33. The van der Waals surface area contributed by atoms with Gasteiger partial charge in [0.15, 0.2) is 0 Å². The van der Waals surface area contributed by atoms with E-state index >= 15 is 0 Å². The molecule has 1 atom stereocenters. The summed E-state index contributed by atoms with van der Waals surface area (Å²) in [6.45, 7) is 4.54. The molecule has 100 valence electrons. The Morgan fingerprint density at radius 2 is 2.00 bits per heavy atom. The fourth-order valence-electron chi connectivity index (χ4n) is 2.70. The van der Waals surface area contributed by atoms with Gasteiger partial charge < -0.3 is 5.32 Å². The van der Waals surface area contributed by atoms with Crippen LogP contribution in [0.25, 0.3) is 0 Å². The smallest absolute Gasteiger partial charge is 0.0406 e. The third-order valence-electron chi connectivity index (χ3n) is 4.06. The summed E-state index contributed by atoms with van der Waals surface area (Å²) in [7, 11) is 0. The van der Waals surface area contributed by atoms with Crippen LogP contribution in [0.15, 0.2) is 24.3 Å². The molecule has 1 aliphatic rings. The summed E-state index contributed by atoms with van der Waals surface area (Å²) in [6, 6.07) is 8.37. The van der Waals surface area contributed by atoms with Crippen LogP contribution < -0.4 is 5.32 Å². The van der Waals surface area contributed by atoms with Crippen molar-refractivity contribution in [2.75, 3.05) is 13.1 Å². The second-order valence-corrected chi connectivity index (χ2v) is 5.92. The molecule has 1 aromatic rings. The third-order valence-corrected chi connectivity index (χ3v) is 4.31. The van der Waals surface area contributed by atoms with Crippen molar-refractivity contribution in [3.63, 3.8) is 0 Å². The minimum absolute atomic E-state index is 0.798. The fraction of sp³-hybridized carbons (Fsp3) is 0.625. The van der Waals surface area contributed by atoms with E-state index < -0.39 is 0 Å². The van der Waals surface area contributed by atoms with Crippen LogP contribution in [0.4, 0.5) is 0 Å². The summed E-state index contributed by atoms with van der Waals surface area (Å²) in [5.41, 5.74) is 1.43. The minimum Gasteiger partial charge on any atom is -0.316 e. The van der Waals surface area contributed by atoms with Gasteiger partial charge in [0.1, 0.15) is 0 Å². The van der Waals surface area contributed by atoms with E-state index in [0.29, 0.717) is 0 Å². The Kier molecular flexibility index (Phi) is 5.52. The number of benzene rings is 1. The van der Waals surface area contributed by atoms with Gasteiger partial charge in [0, 0.05) is 5.02 Å². The summed E-state index contributed by atoms with van der Waals surface area (Å²) < 4.78 is 0. The Balaban J connectivity index is 1.89. The molecule has 0 spiro atoms. The molecule has 0 amide bonds. The summed E-state index contributed by atoms with van der Waals surface area (Å²) >= 11 is 5.94. The Morgan fingerprint density at radius 1 is 1.28 bits per heavy atom. The highest BCUT2D eigenvalue weighted by Gasteiger charge is 2.26. The Bertz CT molecular complexity index is 343. The zero-order valence-electron chi connectivity index (χ0n) is 11.3. The van der Waals surface area contributed by atoms with Crippen LogP contribution in [-0.4, -0.2) is 13.1 Å². The van der Waals surface area contributed by atoms with Crippen LogP contribution in [0.2, 0.25) is 5.02 Å². The van der Waals surface area contributed by atoms with Crippen LogP contribution in [0.1, 0.15) is 38.2 Å². The molecule has 18 heavy (non-hydrogen) atoms. The van der Waals surface area contributed by atoms with Gasteiger partial charge in [-0.3, -0.25) is 0 Å². The van der Waals surface area contributed by atoms with E-state index in [0.717, 1.165) is 23.4 Å². The standard InChI is InChI=1S/C16H24ClN/c1-2-10-18-12-15(14-4-3-5-14)11-13-6-8-16(17)9-7-13/h6-9,14-15,18H,2-5,10-12H2,1H3. The molecule has 0 heterocycles.